The molecule has 1 aromatic heterocycles. The van der Waals surface area contributed by atoms with Gasteiger partial charge in [0.05, 0.1) is 5.56 Å². The lowest BCUT2D eigenvalue weighted by molar-refractivity contribution is 0.0696. The van der Waals surface area contributed by atoms with Crippen LogP contribution in [-0.2, 0) is 0 Å². The maximum atomic E-state index is 10.9. The van der Waals surface area contributed by atoms with Crippen molar-refractivity contribution in [2.75, 3.05) is 0 Å². The molecule has 0 amide bonds. The van der Waals surface area contributed by atoms with E-state index in [1.54, 1.807) is 12.3 Å². The average Bonchev–Trinajstić information content (AvgIpc) is 2.39. The van der Waals surface area contributed by atoms with E-state index >= 15 is 0 Å². The van der Waals surface area contributed by atoms with Crippen molar-refractivity contribution in [3.8, 4) is 11.1 Å². The smallest absolute Gasteiger partial charge is 0.337 e. The number of carbonyl (C=O) groups is 1. The topological polar surface area (TPSA) is 50.2 Å². The summed E-state index contributed by atoms with van der Waals surface area (Å²) in [5.41, 5.74) is 3.28. The monoisotopic (exact) mass is 241 g/mol. The van der Waals surface area contributed by atoms with E-state index in [0.717, 1.165) is 11.1 Å². The number of hydrogen-bond acceptors (Lipinski definition) is 2. The highest BCUT2D eigenvalue weighted by atomic mass is 16.4. The first-order chi connectivity index (χ1) is 8.58. The molecule has 0 spiro atoms. The number of aromatic nitrogens is 1. The Kier molecular flexibility index (Phi) is 3.42. The Balaban J connectivity index is 2.36. The van der Waals surface area contributed by atoms with Gasteiger partial charge in [0.25, 0.3) is 0 Å². The minimum atomic E-state index is -0.955. The van der Waals surface area contributed by atoms with Gasteiger partial charge in [-0.2, -0.15) is 0 Å². The molecule has 0 saturated heterocycles. The van der Waals surface area contributed by atoms with E-state index < -0.39 is 5.97 Å². The second-order valence-corrected chi connectivity index (χ2v) is 4.54. The van der Waals surface area contributed by atoms with Crippen LogP contribution in [0.3, 0.4) is 0 Å². The molecular formula is C15H15NO2. The number of hydrogen-bond donors (Lipinski definition) is 1. The van der Waals surface area contributed by atoms with Crippen LogP contribution < -0.4 is 0 Å². The van der Waals surface area contributed by atoms with Crippen LogP contribution >= 0.6 is 0 Å². The molecule has 92 valence electrons. The summed E-state index contributed by atoms with van der Waals surface area (Å²) in [7, 11) is 0. The molecule has 2 rings (SSSR count). The summed E-state index contributed by atoms with van der Waals surface area (Å²) >= 11 is 0. The molecule has 0 aliphatic rings. The van der Waals surface area contributed by atoms with Crippen LogP contribution in [0.1, 0.15) is 35.7 Å². The molecule has 0 unspecified atom stereocenters. The van der Waals surface area contributed by atoms with Crippen LogP contribution in [0.2, 0.25) is 0 Å². The Morgan fingerprint density at radius 3 is 2.33 bits per heavy atom. The largest absolute Gasteiger partial charge is 0.478 e. The lowest BCUT2D eigenvalue weighted by Gasteiger charge is -2.07. The van der Waals surface area contributed by atoms with Gasteiger partial charge in [-0.05, 0) is 23.1 Å². The molecule has 0 atom stereocenters. The lowest BCUT2D eigenvalue weighted by Crippen LogP contribution is -1.97. The summed E-state index contributed by atoms with van der Waals surface area (Å²) in [6, 6.07) is 9.76. The van der Waals surface area contributed by atoms with Crippen LogP contribution in [0.5, 0.6) is 0 Å². The molecule has 0 fully saturated rings. The van der Waals surface area contributed by atoms with Crippen molar-refractivity contribution in [3.05, 3.63) is 53.9 Å². The Morgan fingerprint density at radius 2 is 1.78 bits per heavy atom. The van der Waals surface area contributed by atoms with Gasteiger partial charge < -0.3 is 5.11 Å². The van der Waals surface area contributed by atoms with Gasteiger partial charge in [-0.25, -0.2) is 4.79 Å². The lowest BCUT2D eigenvalue weighted by atomic mass is 9.99. The number of nitrogens with zero attached hydrogens (tertiary/aromatic N) is 1. The highest BCUT2D eigenvalue weighted by molar-refractivity contribution is 5.88. The molecule has 1 aromatic carbocycles. The first-order valence-corrected chi connectivity index (χ1v) is 5.86. The van der Waals surface area contributed by atoms with E-state index in [1.165, 1.54) is 11.8 Å². The van der Waals surface area contributed by atoms with Gasteiger partial charge in [-0.15, -0.1) is 0 Å². The Labute approximate surface area is 106 Å². The molecule has 1 heterocycles. The molecule has 1 N–H and O–H groups in total. The van der Waals surface area contributed by atoms with Gasteiger partial charge in [0.15, 0.2) is 0 Å². The minimum absolute atomic E-state index is 0.209. The number of rotatable bonds is 3. The van der Waals surface area contributed by atoms with E-state index in [9.17, 15) is 4.79 Å². The minimum Gasteiger partial charge on any atom is -0.478 e. The number of aromatic carboxylic acids is 1. The zero-order chi connectivity index (χ0) is 13.1. The van der Waals surface area contributed by atoms with E-state index in [4.69, 9.17) is 5.11 Å². The van der Waals surface area contributed by atoms with Crippen molar-refractivity contribution >= 4 is 5.97 Å². The normalized spacial score (nSPS) is 10.6. The Hall–Kier alpha value is -2.16. The fraction of sp³-hybridized carbons (Fsp3) is 0.200. The summed E-state index contributed by atoms with van der Waals surface area (Å²) in [4.78, 5) is 14.8. The van der Waals surface area contributed by atoms with E-state index in [2.05, 4.69) is 31.0 Å². The van der Waals surface area contributed by atoms with Gasteiger partial charge in [0.1, 0.15) is 0 Å². The van der Waals surface area contributed by atoms with Crippen molar-refractivity contribution in [1.82, 2.24) is 4.98 Å². The molecule has 3 nitrogen and oxygen atoms in total. The Bertz CT molecular complexity index is 559. The zero-order valence-electron chi connectivity index (χ0n) is 10.4. The van der Waals surface area contributed by atoms with Crippen molar-refractivity contribution in [2.24, 2.45) is 0 Å². The quantitative estimate of drug-likeness (QED) is 0.893. The molecule has 2 aromatic rings. The first-order valence-electron chi connectivity index (χ1n) is 5.86. The van der Waals surface area contributed by atoms with Gasteiger partial charge in [-0.1, -0.05) is 38.1 Å². The van der Waals surface area contributed by atoms with Crippen LogP contribution in [0.15, 0.2) is 42.7 Å². The van der Waals surface area contributed by atoms with Crippen molar-refractivity contribution in [1.29, 1.82) is 0 Å². The molecule has 3 heteroatoms. The van der Waals surface area contributed by atoms with E-state index in [-0.39, 0.29) is 5.56 Å². The summed E-state index contributed by atoms with van der Waals surface area (Å²) < 4.78 is 0. The average molecular weight is 241 g/mol. The van der Waals surface area contributed by atoms with Crippen LogP contribution in [-0.4, -0.2) is 16.1 Å². The Morgan fingerprint density at radius 1 is 1.11 bits per heavy atom. The zero-order valence-corrected chi connectivity index (χ0v) is 10.4. The predicted molar refractivity (Wildman–Crippen MR) is 70.7 cm³/mol. The summed E-state index contributed by atoms with van der Waals surface area (Å²) in [5.74, 6) is -0.467. The van der Waals surface area contributed by atoms with Gasteiger partial charge >= 0.3 is 5.97 Å². The summed E-state index contributed by atoms with van der Waals surface area (Å²) in [6.45, 7) is 4.28. The molecule has 0 aliphatic heterocycles. The maximum absolute atomic E-state index is 10.9. The second kappa shape index (κ2) is 5.00. The maximum Gasteiger partial charge on any atom is 0.337 e. The molecule has 18 heavy (non-hydrogen) atoms. The number of carboxylic acid groups (broad SMARTS) is 1. The molecule has 0 bridgehead atoms. The summed E-state index contributed by atoms with van der Waals surface area (Å²) in [6.07, 6.45) is 3.03. The van der Waals surface area contributed by atoms with Crippen LogP contribution in [0.25, 0.3) is 11.1 Å². The third kappa shape index (κ3) is 2.56. The second-order valence-electron chi connectivity index (χ2n) is 4.54. The fourth-order valence-electron chi connectivity index (χ4n) is 1.78. The van der Waals surface area contributed by atoms with Gasteiger partial charge in [-0.3, -0.25) is 4.98 Å². The fourth-order valence-corrected chi connectivity index (χ4v) is 1.78. The SMILES string of the molecule is CC(C)c1ccc(-c2cncc(C(=O)O)c2)cc1. The van der Waals surface area contributed by atoms with Crippen molar-refractivity contribution in [2.45, 2.75) is 19.8 Å². The predicted octanol–water partition coefficient (Wildman–Crippen LogP) is 3.57. The van der Waals surface area contributed by atoms with Gasteiger partial charge in [0, 0.05) is 18.0 Å². The number of carboxylic acids is 1. The van der Waals surface area contributed by atoms with E-state index in [0.29, 0.717) is 5.92 Å². The molecule has 0 aliphatic carbocycles. The molecule has 0 radical (unpaired) electrons. The first kappa shape index (κ1) is 12.3. The summed E-state index contributed by atoms with van der Waals surface area (Å²) in [5, 5.41) is 8.93. The van der Waals surface area contributed by atoms with Crippen molar-refractivity contribution in [3.63, 3.8) is 0 Å². The van der Waals surface area contributed by atoms with E-state index in [1.807, 2.05) is 12.1 Å². The third-order valence-electron chi connectivity index (χ3n) is 2.90. The highest BCUT2D eigenvalue weighted by Crippen LogP contribution is 2.22. The molecule has 0 saturated carbocycles. The standard InChI is InChI=1S/C15H15NO2/c1-10(2)11-3-5-12(6-4-11)13-7-14(15(17)18)9-16-8-13/h3-10H,1-2H3,(H,17,18). The number of pyridine rings is 1. The highest BCUT2D eigenvalue weighted by Gasteiger charge is 2.06. The van der Waals surface area contributed by atoms with Crippen LogP contribution in [0.4, 0.5) is 0 Å². The van der Waals surface area contributed by atoms with Gasteiger partial charge in [0.2, 0.25) is 0 Å². The van der Waals surface area contributed by atoms with Crippen LogP contribution in [0, 0.1) is 0 Å². The molecular weight excluding hydrogens is 226 g/mol. The third-order valence-corrected chi connectivity index (χ3v) is 2.90. The van der Waals surface area contributed by atoms with Crippen molar-refractivity contribution < 1.29 is 9.90 Å². The number of benzene rings is 1.